The van der Waals surface area contributed by atoms with Crippen LogP contribution in [0.25, 0.3) is 16.0 Å². The number of ketones is 1. The van der Waals surface area contributed by atoms with E-state index in [1.807, 2.05) is 0 Å². The van der Waals surface area contributed by atoms with Crippen molar-refractivity contribution in [2.45, 2.75) is 0 Å². The van der Waals surface area contributed by atoms with E-state index in [2.05, 4.69) is 10.3 Å². The molecule has 8 heteroatoms. The SMILES string of the molecule is COc1ccc(/C(O)=C/C(=O)C(=O)Nc2nc3ccc(Cl)cc3s2)cc1. The Morgan fingerprint density at radius 3 is 2.65 bits per heavy atom. The average molecular weight is 389 g/mol. The van der Waals surface area contributed by atoms with E-state index in [1.165, 1.54) is 18.4 Å². The van der Waals surface area contributed by atoms with Crippen molar-refractivity contribution < 1.29 is 19.4 Å². The number of aromatic nitrogens is 1. The Bertz CT molecular complexity index is 1010. The molecule has 0 bridgehead atoms. The zero-order chi connectivity index (χ0) is 18.7. The van der Waals surface area contributed by atoms with Gasteiger partial charge in [0.25, 0.3) is 5.91 Å². The van der Waals surface area contributed by atoms with Gasteiger partial charge in [0, 0.05) is 16.7 Å². The summed E-state index contributed by atoms with van der Waals surface area (Å²) in [4.78, 5) is 28.2. The number of nitrogens with zero attached hydrogens (tertiary/aromatic N) is 1. The summed E-state index contributed by atoms with van der Waals surface area (Å²) in [6.07, 6.45) is 0.862. The molecule has 0 aliphatic carbocycles. The predicted octanol–water partition coefficient (Wildman–Crippen LogP) is 4.07. The Morgan fingerprint density at radius 1 is 1.23 bits per heavy atom. The number of fused-ring (bicyclic) bond motifs is 1. The number of thiazole rings is 1. The van der Waals surface area contributed by atoms with E-state index in [4.69, 9.17) is 16.3 Å². The highest BCUT2D eigenvalue weighted by Gasteiger charge is 2.15. The summed E-state index contributed by atoms with van der Waals surface area (Å²) in [5.41, 5.74) is 1.06. The molecule has 0 radical (unpaired) electrons. The number of carbonyl (C=O) groups is 2. The number of aliphatic hydroxyl groups is 1. The van der Waals surface area contributed by atoms with Crippen LogP contribution < -0.4 is 10.1 Å². The molecule has 0 aliphatic heterocycles. The number of amides is 1. The number of hydrogen-bond acceptors (Lipinski definition) is 6. The lowest BCUT2D eigenvalue weighted by atomic mass is 10.1. The van der Waals surface area contributed by atoms with Crippen LogP contribution in [0.5, 0.6) is 5.75 Å². The van der Waals surface area contributed by atoms with E-state index in [0.29, 0.717) is 21.9 Å². The summed E-state index contributed by atoms with van der Waals surface area (Å²) in [5.74, 6) is -1.49. The van der Waals surface area contributed by atoms with Crippen molar-refractivity contribution in [2.75, 3.05) is 12.4 Å². The van der Waals surface area contributed by atoms with Gasteiger partial charge in [0.05, 0.1) is 17.3 Å². The molecule has 0 atom stereocenters. The number of aliphatic hydroxyl groups excluding tert-OH is 1. The van der Waals surface area contributed by atoms with Crippen LogP contribution in [0.2, 0.25) is 5.02 Å². The maximum Gasteiger partial charge on any atom is 0.298 e. The summed E-state index contributed by atoms with van der Waals surface area (Å²) in [7, 11) is 1.52. The Balaban J connectivity index is 1.72. The molecule has 0 spiro atoms. The molecule has 6 nitrogen and oxygen atoms in total. The van der Waals surface area contributed by atoms with Crippen molar-refractivity contribution in [3.63, 3.8) is 0 Å². The number of hydrogen-bond donors (Lipinski definition) is 2. The van der Waals surface area contributed by atoms with E-state index in [0.717, 1.165) is 10.8 Å². The van der Waals surface area contributed by atoms with Crippen molar-refractivity contribution >= 4 is 55.7 Å². The van der Waals surface area contributed by atoms with Gasteiger partial charge in [0.15, 0.2) is 5.13 Å². The summed E-state index contributed by atoms with van der Waals surface area (Å²) < 4.78 is 5.81. The lowest BCUT2D eigenvalue weighted by Gasteiger charge is -2.03. The molecule has 0 unspecified atom stereocenters. The Kier molecular flexibility index (Phi) is 5.20. The molecule has 132 valence electrons. The third-order valence-corrected chi connectivity index (χ3v) is 4.62. The molecule has 3 rings (SSSR count). The fourth-order valence-corrected chi connectivity index (χ4v) is 3.28. The molecule has 26 heavy (non-hydrogen) atoms. The van der Waals surface area contributed by atoms with Crippen molar-refractivity contribution in [2.24, 2.45) is 0 Å². The minimum absolute atomic E-state index is 0.276. The summed E-state index contributed by atoms with van der Waals surface area (Å²) in [6.45, 7) is 0. The van der Waals surface area contributed by atoms with E-state index in [9.17, 15) is 14.7 Å². The molecule has 0 fully saturated rings. The molecule has 2 aromatic carbocycles. The third-order valence-electron chi connectivity index (χ3n) is 3.45. The van der Waals surface area contributed by atoms with E-state index in [1.54, 1.807) is 42.5 Å². The first kappa shape index (κ1) is 17.9. The van der Waals surface area contributed by atoms with E-state index >= 15 is 0 Å². The average Bonchev–Trinajstić information content (AvgIpc) is 3.02. The predicted molar refractivity (Wildman–Crippen MR) is 102 cm³/mol. The minimum Gasteiger partial charge on any atom is -0.507 e. The molecule has 0 saturated carbocycles. The minimum atomic E-state index is -0.893. The van der Waals surface area contributed by atoms with Crippen LogP contribution in [0.4, 0.5) is 5.13 Å². The van der Waals surface area contributed by atoms with Crippen LogP contribution in [0.1, 0.15) is 5.56 Å². The molecule has 1 aromatic heterocycles. The van der Waals surface area contributed by atoms with Crippen LogP contribution in [0.15, 0.2) is 48.5 Å². The van der Waals surface area contributed by atoms with Gasteiger partial charge < -0.3 is 9.84 Å². The zero-order valence-electron chi connectivity index (χ0n) is 13.5. The van der Waals surface area contributed by atoms with Crippen LogP contribution in [0, 0.1) is 0 Å². The Morgan fingerprint density at radius 2 is 1.96 bits per heavy atom. The van der Waals surface area contributed by atoms with Gasteiger partial charge in [0.1, 0.15) is 11.5 Å². The Hall–Kier alpha value is -2.90. The maximum atomic E-state index is 12.0. The first-order chi connectivity index (χ1) is 12.5. The van der Waals surface area contributed by atoms with Gasteiger partial charge in [-0.3, -0.25) is 14.9 Å². The normalized spacial score (nSPS) is 11.4. The number of halogens is 1. The highest BCUT2D eigenvalue weighted by molar-refractivity contribution is 7.22. The van der Waals surface area contributed by atoms with Crippen LogP contribution in [0.3, 0.4) is 0 Å². The smallest absolute Gasteiger partial charge is 0.298 e. The van der Waals surface area contributed by atoms with Crippen molar-refractivity contribution in [3.05, 3.63) is 59.1 Å². The van der Waals surface area contributed by atoms with Crippen molar-refractivity contribution in [1.82, 2.24) is 4.98 Å². The number of rotatable bonds is 5. The van der Waals surface area contributed by atoms with Crippen LogP contribution in [-0.4, -0.2) is 28.9 Å². The van der Waals surface area contributed by atoms with Crippen LogP contribution in [-0.2, 0) is 9.59 Å². The van der Waals surface area contributed by atoms with Gasteiger partial charge >= 0.3 is 0 Å². The van der Waals surface area contributed by atoms with Gasteiger partial charge in [-0.2, -0.15) is 0 Å². The number of nitrogens with one attached hydrogen (secondary N) is 1. The van der Waals surface area contributed by atoms with E-state index < -0.39 is 11.7 Å². The second-order valence-corrected chi connectivity index (χ2v) is 6.67. The van der Waals surface area contributed by atoms with Gasteiger partial charge in [-0.15, -0.1) is 0 Å². The van der Waals surface area contributed by atoms with E-state index in [-0.39, 0.29) is 10.9 Å². The monoisotopic (exact) mass is 388 g/mol. The fraction of sp³-hybridized carbons (Fsp3) is 0.0556. The van der Waals surface area contributed by atoms with Gasteiger partial charge in [-0.1, -0.05) is 22.9 Å². The molecule has 3 aromatic rings. The first-order valence-corrected chi connectivity index (χ1v) is 8.62. The molecule has 2 N–H and O–H groups in total. The highest BCUT2D eigenvalue weighted by Crippen LogP contribution is 2.28. The summed E-state index contributed by atoms with van der Waals surface area (Å²) in [6, 6.07) is 11.6. The topological polar surface area (TPSA) is 88.5 Å². The largest absolute Gasteiger partial charge is 0.507 e. The number of carbonyl (C=O) groups excluding carboxylic acids is 2. The van der Waals surface area contributed by atoms with Gasteiger partial charge in [0.2, 0.25) is 5.78 Å². The molecule has 0 aliphatic rings. The summed E-state index contributed by atoms with van der Waals surface area (Å²) in [5, 5.41) is 13.3. The first-order valence-electron chi connectivity index (χ1n) is 7.43. The maximum absolute atomic E-state index is 12.0. The van der Waals surface area contributed by atoms with Gasteiger partial charge in [-0.05, 0) is 42.5 Å². The molecule has 0 saturated heterocycles. The molecular formula is C18H13ClN2O4S. The molecular weight excluding hydrogens is 376 g/mol. The molecule has 1 amide bonds. The lowest BCUT2D eigenvalue weighted by Crippen LogP contribution is -2.21. The standard InChI is InChI=1S/C18H13ClN2O4S/c1-25-12-5-2-10(3-6-12)14(22)9-15(23)17(24)21-18-20-13-7-4-11(19)8-16(13)26-18/h2-9,22H,1H3,(H,20,21,24)/b14-9-. The summed E-state index contributed by atoms with van der Waals surface area (Å²) >= 11 is 7.11. The fourth-order valence-electron chi connectivity index (χ4n) is 2.15. The van der Waals surface area contributed by atoms with Gasteiger partial charge in [-0.25, -0.2) is 4.98 Å². The third kappa shape index (κ3) is 4.01. The Labute approximate surface area is 157 Å². The number of anilines is 1. The second kappa shape index (κ2) is 7.55. The molecule has 1 heterocycles. The number of ether oxygens (including phenoxy) is 1. The second-order valence-electron chi connectivity index (χ2n) is 5.21. The quantitative estimate of drug-likeness (QED) is 0.391. The highest BCUT2D eigenvalue weighted by atomic mass is 35.5. The lowest BCUT2D eigenvalue weighted by molar-refractivity contribution is -0.131. The van der Waals surface area contributed by atoms with Crippen molar-refractivity contribution in [1.29, 1.82) is 0 Å². The number of methoxy groups -OCH3 is 1. The zero-order valence-corrected chi connectivity index (χ0v) is 15.1. The van der Waals surface area contributed by atoms with Crippen molar-refractivity contribution in [3.8, 4) is 5.75 Å². The number of benzene rings is 2. The van der Waals surface area contributed by atoms with Crippen LogP contribution >= 0.6 is 22.9 Å².